The lowest BCUT2D eigenvalue weighted by Gasteiger charge is -2.31. The van der Waals surface area contributed by atoms with Gasteiger partial charge in [0, 0.05) is 11.8 Å². The molecular formula is C26H21F3N4O. The zero-order valence-electron chi connectivity index (χ0n) is 18.1. The van der Waals surface area contributed by atoms with Crippen LogP contribution in [0, 0.1) is 11.3 Å². The molecule has 1 saturated carbocycles. The van der Waals surface area contributed by atoms with Crippen molar-refractivity contribution < 1.29 is 18.0 Å². The topological polar surface area (TPSA) is 78.7 Å². The van der Waals surface area contributed by atoms with Crippen LogP contribution in [-0.2, 0) is 16.5 Å². The Kier molecular flexibility index (Phi) is 6.46. The molecule has 0 unspecified atom stereocenters. The summed E-state index contributed by atoms with van der Waals surface area (Å²) in [6.45, 7) is 0. The van der Waals surface area contributed by atoms with E-state index >= 15 is 0 Å². The van der Waals surface area contributed by atoms with Crippen LogP contribution in [0.5, 0.6) is 0 Å². The maximum Gasteiger partial charge on any atom is 0.433 e. The summed E-state index contributed by atoms with van der Waals surface area (Å²) in [4.78, 5) is 20.9. The van der Waals surface area contributed by atoms with Crippen molar-refractivity contribution in [1.82, 2.24) is 15.3 Å². The van der Waals surface area contributed by atoms with Crippen molar-refractivity contribution in [1.29, 1.82) is 5.26 Å². The second kappa shape index (κ2) is 9.48. The highest BCUT2D eigenvalue weighted by Crippen LogP contribution is 2.39. The minimum atomic E-state index is -4.53. The van der Waals surface area contributed by atoms with Gasteiger partial charge >= 0.3 is 6.18 Å². The van der Waals surface area contributed by atoms with Crippen LogP contribution in [0.3, 0.4) is 0 Å². The van der Waals surface area contributed by atoms with E-state index in [0.29, 0.717) is 17.0 Å². The number of nitrogens with one attached hydrogen (secondary N) is 1. The van der Waals surface area contributed by atoms with E-state index in [-0.39, 0.29) is 5.57 Å². The molecule has 8 heteroatoms. The van der Waals surface area contributed by atoms with Crippen LogP contribution < -0.4 is 5.32 Å². The Morgan fingerprint density at radius 3 is 2.38 bits per heavy atom. The van der Waals surface area contributed by atoms with Crippen LogP contribution in [0.2, 0.25) is 0 Å². The largest absolute Gasteiger partial charge is 0.433 e. The second-order valence-electron chi connectivity index (χ2n) is 8.16. The fourth-order valence-electron chi connectivity index (χ4n) is 4.21. The molecule has 1 fully saturated rings. The average molecular weight is 462 g/mol. The molecule has 0 bridgehead atoms. The summed E-state index contributed by atoms with van der Waals surface area (Å²) >= 11 is 0. The third-order valence-corrected chi connectivity index (χ3v) is 5.91. The molecule has 0 radical (unpaired) electrons. The molecule has 34 heavy (non-hydrogen) atoms. The minimum Gasteiger partial charge on any atom is -0.342 e. The van der Waals surface area contributed by atoms with E-state index in [1.165, 1.54) is 12.1 Å². The van der Waals surface area contributed by atoms with E-state index in [2.05, 4.69) is 15.3 Å². The van der Waals surface area contributed by atoms with Crippen LogP contribution in [0.4, 0.5) is 13.2 Å². The highest BCUT2D eigenvalue weighted by molar-refractivity contribution is 6.02. The lowest BCUT2D eigenvalue weighted by molar-refractivity contribution is -0.141. The first-order chi connectivity index (χ1) is 16.3. The maximum absolute atomic E-state index is 13.1. The number of hydrogen-bond donors (Lipinski definition) is 1. The van der Waals surface area contributed by atoms with Gasteiger partial charge < -0.3 is 5.32 Å². The summed E-state index contributed by atoms with van der Waals surface area (Å²) in [6.07, 6.45) is 1.48. The van der Waals surface area contributed by atoms with Gasteiger partial charge in [-0.2, -0.15) is 18.4 Å². The number of carbonyl (C=O) groups excluding carboxylic acids is 1. The Balaban J connectivity index is 1.58. The number of hydrogen-bond acceptors (Lipinski definition) is 4. The number of benzene rings is 1. The van der Waals surface area contributed by atoms with Crippen LogP contribution in [0.1, 0.15) is 42.6 Å². The Bertz CT molecular complexity index is 1240. The molecule has 2 heterocycles. The average Bonchev–Trinajstić information content (AvgIpc) is 3.32. The number of halogens is 3. The molecule has 4 rings (SSSR count). The van der Waals surface area contributed by atoms with Crippen molar-refractivity contribution in [3.63, 3.8) is 0 Å². The highest BCUT2D eigenvalue weighted by Gasteiger charge is 2.37. The lowest BCUT2D eigenvalue weighted by Crippen LogP contribution is -2.44. The Hall–Kier alpha value is -3.99. The van der Waals surface area contributed by atoms with Gasteiger partial charge in [0.1, 0.15) is 17.3 Å². The Labute approximate surface area is 195 Å². The lowest BCUT2D eigenvalue weighted by atomic mass is 9.88. The maximum atomic E-state index is 13.1. The zero-order valence-corrected chi connectivity index (χ0v) is 18.1. The fraction of sp³-hybridized carbons (Fsp3) is 0.231. The monoisotopic (exact) mass is 462 g/mol. The molecule has 0 atom stereocenters. The summed E-state index contributed by atoms with van der Waals surface area (Å²) in [5, 5.41) is 12.7. The van der Waals surface area contributed by atoms with Crippen LogP contribution in [0.25, 0.3) is 17.3 Å². The number of amides is 1. The highest BCUT2D eigenvalue weighted by atomic mass is 19.4. The van der Waals surface area contributed by atoms with Gasteiger partial charge in [-0.25, -0.2) is 4.98 Å². The van der Waals surface area contributed by atoms with E-state index in [1.54, 1.807) is 18.2 Å². The number of carbonyl (C=O) groups is 1. The molecule has 1 amide bonds. The number of nitrogens with zero attached hydrogens (tertiary/aromatic N) is 3. The number of nitriles is 1. The third-order valence-electron chi connectivity index (χ3n) is 5.91. The molecule has 172 valence electrons. The Morgan fingerprint density at radius 1 is 1.03 bits per heavy atom. The van der Waals surface area contributed by atoms with E-state index in [9.17, 15) is 23.2 Å². The molecule has 1 aliphatic rings. The first-order valence-corrected chi connectivity index (χ1v) is 10.8. The number of pyridine rings is 2. The number of alkyl halides is 3. The normalized spacial score (nSPS) is 15.5. The second-order valence-corrected chi connectivity index (χ2v) is 8.16. The standard InChI is InChI=1S/C26H21F3N4O/c27-26(28,29)23-12-11-18(17-31-23)22-10-6-9-21(32-22)15-19(16-30)24(34)33-25(13-4-5-14-25)20-7-2-1-3-8-20/h1-3,6-12,15,17H,4-5,13-14H2,(H,33,34). The Morgan fingerprint density at radius 2 is 1.76 bits per heavy atom. The van der Waals surface area contributed by atoms with Crippen molar-refractivity contribution in [2.45, 2.75) is 37.4 Å². The van der Waals surface area contributed by atoms with Crippen molar-refractivity contribution in [3.05, 3.63) is 89.4 Å². The van der Waals surface area contributed by atoms with Gasteiger partial charge in [0.05, 0.1) is 16.9 Å². The quantitative estimate of drug-likeness (QED) is 0.392. The first-order valence-electron chi connectivity index (χ1n) is 10.8. The first kappa shape index (κ1) is 23.2. The predicted molar refractivity (Wildman–Crippen MR) is 121 cm³/mol. The van der Waals surface area contributed by atoms with Crippen LogP contribution in [-0.4, -0.2) is 15.9 Å². The summed E-state index contributed by atoms with van der Waals surface area (Å²) in [5.41, 5.74) is 0.504. The smallest absolute Gasteiger partial charge is 0.342 e. The number of aromatic nitrogens is 2. The van der Waals surface area contributed by atoms with Crippen LogP contribution in [0.15, 0.2) is 72.4 Å². The van der Waals surface area contributed by atoms with Crippen molar-refractivity contribution in [2.75, 3.05) is 0 Å². The predicted octanol–water partition coefficient (Wildman–Crippen LogP) is 5.66. The van der Waals surface area contributed by atoms with Gasteiger partial charge in [0.2, 0.25) is 0 Å². The molecule has 5 nitrogen and oxygen atoms in total. The molecule has 1 aliphatic carbocycles. The van der Waals surface area contributed by atoms with Crippen molar-refractivity contribution in [3.8, 4) is 17.3 Å². The molecule has 0 saturated heterocycles. The summed E-state index contributed by atoms with van der Waals surface area (Å²) in [7, 11) is 0. The zero-order chi connectivity index (χ0) is 24.2. The third kappa shape index (κ3) is 4.99. The van der Waals surface area contributed by atoms with Gasteiger partial charge in [0.15, 0.2) is 0 Å². The van der Waals surface area contributed by atoms with E-state index in [4.69, 9.17) is 0 Å². The van der Waals surface area contributed by atoms with Gasteiger partial charge in [0.25, 0.3) is 5.91 Å². The van der Waals surface area contributed by atoms with Gasteiger partial charge in [-0.1, -0.05) is 49.2 Å². The summed E-state index contributed by atoms with van der Waals surface area (Å²) in [6, 6.07) is 18.7. The van der Waals surface area contributed by atoms with E-state index in [0.717, 1.165) is 43.5 Å². The van der Waals surface area contributed by atoms with E-state index < -0.39 is 23.3 Å². The van der Waals surface area contributed by atoms with Gasteiger partial charge in [-0.15, -0.1) is 0 Å². The molecule has 3 aromatic rings. The fourth-order valence-corrected chi connectivity index (χ4v) is 4.21. The van der Waals surface area contributed by atoms with Gasteiger partial charge in [-0.3, -0.25) is 9.78 Å². The summed E-state index contributed by atoms with van der Waals surface area (Å²) < 4.78 is 38.3. The van der Waals surface area contributed by atoms with E-state index in [1.807, 2.05) is 36.4 Å². The molecule has 2 aromatic heterocycles. The van der Waals surface area contributed by atoms with Crippen molar-refractivity contribution in [2.24, 2.45) is 0 Å². The molecule has 0 spiro atoms. The molecule has 1 aromatic carbocycles. The van der Waals surface area contributed by atoms with Crippen molar-refractivity contribution >= 4 is 12.0 Å². The molecular weight excluding hydrogens is 441 g/mol. The minimum absolute atomic E-state index is 0.0996. The molecule has 0 aliphatic heterocycles. The molecule has 1 N–H and O–H groups in total. The number of rotatable bonds is 5. The van der Waals surface area contributed by atoms with Gasteiger partial charge in [-0.05, 0) is 48.7 Å². The van der Waals surface area contributed by atoms with Crippen LogP contribution >= 0.6 is 0 Å². The SMILES string of the molecule is N#CC(=Cc1cccc(-c2ccc(C(F)(F)F)nc2)n1)C(=O)NC1(c2ccccc2)CCCC1. The summed E-state index contributed by atoms with van der Waals surface area (Å²) in [5.74, 6) is -0.489.